The van der Waals surface area contributed by atoms with Crippen molar-refractivity contribution >= 4 is 6.29 Å². The number of hydrogen-bond acceptors (Lipinski definition) is 3. The van der Waals surface area contributed by atoms with E-state index in [-0.39, 0.29) is 42.4 Å². The van der Waals surface area contributed by atoms with E-state index in [0.29, 0.717) is 11.3 Å². The quantitative estimate of drug-likeness (QED) is 0.478. The summed E-state index contributed by atoms with van der Waals surface area (Å²) in [5.74, 6) is -0.613. The molecule has 0 spiro atoms. The van der Waals surface area contributed by atoms with Crippen LogP contribution in [0.15, 0.2) is 48.5 Å². The summed E-state index contributed by atoms with van der Waals surface area (Å²) in [6, 6.07) is 15.2. The van der Waals surface area contributed by atoms with Crippen molar-refractivity contribution in [3.05, 3.63) is 71.2 Å². The molecular weight excluding hydrogens is 531 g/mol. The number of carbonyl (C=O) groups excluding carboxylic acids is 1. The van der Waals surface area contributed by atoms with Gasteiger partial charge in [-0.1, -0.05) is 23.8 Å². The molecule has 0 saturated heterocycles. The van der Waals surface area contributed by atoms with E-state index in [1.165, 1.54) is 18.2 Å². The van der Waals surface area contributed by atoms with E-state index < -0.39 is 5.82 Å². The van der Waals surface area contributed by atoms with Gasteiger partial charge in [0.15, 0.2) is 0 Å². The molecule has 0 radical (unpaired) electrons. The molecule has 0 N–H and O–H groups in total. The van der Waals surface area contributed by atoms with Crippen LogP contribution in [0.4, 0.5) is 4.39 Å². The predicted octanol–water partition coefficient (Wildman–Crippen LogP) is 3.32. The number of nitrogens with zero attached hydrogens (tertiary/aromatic N) is 3. The number of aryl methyl sites for hydroxylation is 1. The molecule has 0 aliphatic heterocycles. The van der Waals surface area contributed by atoms with Gasteiger partial charge in [0.05, 0.1) is 11.3 Å². The first-order valence-electron chi connectivity index (χ1n) is 6.87. The summed E-state index contributed by atoms with van der Waals surface area (Å²) in [6.07, 6.45) is 1.75. The Labute approximate surface area is 162 Å². The van der Waals surface area contributed by atoms with Gasteiger partial charge in [-0.2, -0.15) is 11.3 Å². The number of hydrogen-bond donors (Lipinski definition) is 0. The van der Waals surface area contributed by atoms with Crippen LogP contribution < -0.4 is 0 Å². The van der Waals surface area contributed by atoms with E-state index in [0.717, 1.165) is 11.3 Å². The first-order valence-corrected chi connectivity index (χ1v) is 6.87. The fourth-order valence-corrected chi connectivity index (χ4v) is 2.28. The van der Waals surface area contributed by atoms with Crippen LogP contribution in [0.25, 0.3) is 16.9 Å². The van der Waals surface area contributed by atoms with Gasteiger partial charge in [0.2, 0.25) is 0 Å². The zero-order chi connectivity index (χ0) is 16.4. The first kappa shape index (κ1) is 18.1. The van der Waals surface area contributed by atoms with Gasteiger partial charge in [-0.05, 0) is 48.1 Å². The van der Waals surface area contributed by atoms with Crippen LogP contribution in [0.2, 0.25) is 0 Å². The minimum absolute atomic E-state index is 0. The zero-order valence-electron chi connectivity index (χ0n) is 12.7. The van der Waals surface area contributed by atoms with Crippen molar-refractivity contribution in [2.75, 3.05) is 0 Å². The van der Waals surface area contributed by atoms with Crippen LogP contribution in [-0.2, 0) is 4.79 Å². The Bertz CT molecular complexity index is 926. The molecule has 0 unspecified atom stereocenters. The van der Waals surface area contributed by atoms with Crippen LogP contribution in [0.1, 0.15) is 16.8 Å². The van der Waals surface area contributed by atoms with Gasteiger partial charge in [-0.25, -0.2) is 9.49 Å². The van der Waals surface area contributed by atoms with Gasteiger partial charge in [0, 0.05) is 37.4 Å². The number of aromatic nitrogens is 2. The number of benzene rings is 2. The number of rotatable bonds is 3. The Hall–Kier alpha value is -2.21. The average Bonchev–Trinajstić information content (AvgIpc) is 3.00. The van der Waals surface area contributed by atoms with E-state index in [4.69, 9.17) is 5.26 Å². The van der Waals surface area contributed by atoms with Crippen molar-refractivity contribution < 1.29 is 40.3 Å². The normalized spacial score (nSPS) is 9.88. The molecule has 3 aromatic rings. The van der Waals surface area contributed by atoms with Crippen molar-refractivity contribution in [3.8, 4) is 23.0 Å². The summed E-state index contributed by atoms with van der Waals surface area (Å²) in [5.41, 5.74) is 3.01. The molecule has 0 aliphatic rings. The molecule has 3 rings (SSSR count). The van der Waals surface area contributed by atoms with E-state index >= 15 is 0 Å². The Morgan fingerprint density at radius 3 is 2.46 bits per heavy atom. The molecule has 1 heterocycles. The molecule has 4 nitrogen and oxygen atoms in total. The molecule has 0 fully saturated rings. The average molecular weight is 542 g/mol. The Morgan fingerprint density at radius 1 is 1.17 bits per heavy atom. The third kappa shape index (κ3) is 3.48. The van der Waals surface area contributed by atoms with Crippen molar-refractivity contribution in [2.24, 2.45) is 0 Å². The summed E-state index contributed by atoms with van der Waals surface area (Å²) in [7, 11) is 0. The summed E-state index contributed by atoms with van der Waals surface area (Å²) in [5, 5.41) is 13.0. The number of halogens is 1. The van der Waals surface area contributed by atoms with Gasteiger partial charge < -0.3 is 4.79 Å². The summed E-state index contributed by atoms with van der Waals surface area (Å²) < 4.78 is 15.4. The minimum Gasteiger partial charge on any atom is -0.417 e. The van der Waals surface area contributed by atoms with E-state index in [9.17, 15) is 9.18 Å². The van der Waals surface area contributed by atoms with E-state index in [2.05, 4.69) is 5.10 Å². The molecule has 2 aromatic carbocycles. The molecular formula is C18H11FN3OU-. The van der Waals surface area contributed by atoms with Gasteiger partial charge in [-0.15, -0.1) is 0 Å². The summed E-state index contributed by atoms with van der Waals surface area (Å²) in [6.45, 7) is 1.97. The standard InChI is InChI=1S/C18H11FN3O.U/c1-12-2-6-16(7-3-12)22-18(9-15(11-23)21-22)13-4-5-14(10-20)17(19)8-13;/h2-9H,1H3;/q-1;. The van der Waals surface area contributed by atoms with Crippen LogP contribution in [0, 0.1) is 55.2 Å². The largest absolute Gasteiger partial charge is 0.417 e. The Kier molecular flexibility index (Phi) is 5.72. The Morgan fingerprint density at radius 2 is 1.88 bits per heavy atom. The van der Waals surface area contributed by atoms with Crippen LogP contribution >= 0.6 is 0 Å². The Balaban J connectivity index is 0.00000208. The zero-order valence-corrected chi connectivity index (χ0v) is 16.9. The summed E-state index contributed by atoms with van der Waals surface area (Å²) >= 11 is 0. The van der Waals surface area contributed by atoms with Gasteiger partial charge in [0.1, 0.15) is 11.9 Å². The second-order valence-electron chi connectivity index (χ2n) is 5.07. The van der Waals surface area contributed by atoms with Gasteiger partial charge in [0.25, 0.3) is 0 Å². The molecule has 6 heteroatoms. The van der Waals surface area contributed by atoms with Crippen LogP contribution in [0.5, 0.6) is 0 Å². The maximum atomic E-state index is 13.9. The third-order valence-electron chi connectivity index (χ3n) is 3.48. The van der Waals surface area contributed by atoms with Gasteiger partial charge >= 0.3 is 0 Å². The number of nitriles is 1. The SMILES string of the molecule is Cc1ccc(-n2nc([C-]=O)cc2-c2ccc(C#N)c(F)c2)cc1.[U]. The van der Waals surface area contributed by atoms with E-state index in [1.54, 1.807) is 23.1 Å². The fraction of sp³-hybridized carbons (Fsp3) is 0.0556. The molecule has 116 valence electrons. The van der Waals surface area contributed by atoms with Gasteiger partial charge in [-0.3, -0.25) is 4.68 Å². The maximum absolute atomic E-state index is 13.9. The first-order chi connectivity index (χ1) is 11.1. The van der Waals surface area contributed by atoms with Crippen molar-refractivity contribution in [1.29, 1.82) is 5.26 Å². The second-order valence-corrected chi connectivity index (χ2v) is 5.07. The van der Waals surface area contributed by atoms with Crippen molar-refractivity contribution in [2.45, 2.75) is 6.92 Å². The molecule has 0 bridgehead atoms. The summed E-state index contributed by atoms with van der Waals surface area (Å²) in [4.78, 5) is 10.9. The molecule has 0 atom stereocenters. The van der Waals surface area contributed by atoms with Crippen LogP contribution in [-0.4, -0.2) is 16.1 Å². The molecule has 0 saturated carbocycles. The smallest absolute Gasteiger partial charge is 0.141 e. The fourth-order valence-electron chi connectivity index (χ4n) is 2.28. The van der Waals surface area contributed by atoms with Crippen LogP contribution in [0.3, 0.4) is 0 Å². The van der Waals surface area contributed by atoms with Crippen molar-refractivity contribution in [1.82, 2.24) is 9.78 Å². The molecule has 0 aliphatic carbocycles. The van der Waals surface area contributed by atoms with E-state index in [1.807, 2.05) is 31.2 Å². The molecule has 0 amide bonds. The maximum Gasteiger partial charge on any atom is 0.141 e. The third-order valence-corrected chi connectivity index (χ3v) is 3.48. The van der Waals surface area contributed by atoms with Crippen molar-refractivity contribution in [3.63, 3.8) is 0 Å². The minimum atomic E-state index is -0.613. The second kappa shape index (κ2) is 7.57. The molecule has 24 heavy (non-hydrogen) atoms. The monoisotopic (exact) mass is 542 g/mol. The molecule has 1 aromatic heterocycles. The topological polar surface area (TPSA) is 58.7 Å². The predicted molar refractivity (Wildman–Crippen MR) is 83.2 cm³/mol.